The van der Waals surface area contributed by atoms with Gasteiger partial charge in [0, 0.05) is 5.56 Å². The van der Waals surface area contributed by atoms with Gasteiger partial charge in [-0.05, 0) is 18.6 Å². The average molecular weight is 184 g/mol. The molecule has 1 aromatic heterocycles. The maximum Gasteiger partial charge on any atom is 0.0974 e. The van der Waals surface area contributed by atoms with Crippen LogP contribution < -0.4 is 0 Å². The lowest BCUT2D eigenvalue weighted by molar-refractivity contribution is 0.567. The van der Waals surface area contributed by atoms with E-state index in [9.17, 15) is 0 Å². The predicted molar refractivity (Wildman–Crippen MR) is 58.8 cm³/mol. The first-order chi connectivity index (χ1) is 6.84. The zero-order chi connectivity index (χ0) is 9.80. The second-order valence-corrected chi connectivity index (χ2v) is 3.30. The zero-order valence-electron chi connectivity index (χ0n) is 8.10. The van der Waals surface area contributed by atoms with E-state index in [4.69, 9.17) is 4.42 Å². The van der Waals surface area contributed by atoms with E-state index in [2.05, 4.69) is 37.3 Å². The summed E-state index contributed by atoms with van der Waals surface area (Å²) in [7, 11) is 0. The molecular weight excluding hydrogens is 172 g/mol. The molecule has 2 aromatic rings. The van der Waals surface area contributed by atoms with Gasteiger partial charge in [0.25, 0.3) is 0 Å². The molecule has 0 spiro atoms. The van der Waals surface area contributed by atoms with E-state index in [1.54, 1.807) is 12.5 Å². The normalized spacial score (nSPS) is 10.9. The van der Waals surface area contributed by atoms with Crippen LogP contribution in [0.25, 0.3) is 12.2 Å². The van der Waals surface area contributed by atoms with Crippen molar-refractivity contribution in [2.24, 2.45) is 0 Å². The lowest BCUT2D eigenvalue weighted by Gasteiger charge is -1.93. The number of hydrogen-bond donors (Lipinski definition) is 0. The van der Waals surface area contributed by atoms with Crippen molar-refractivity contribution in [2.45, 2.75) is 6.92 Å². The number of benzene rings is 1. The maximum absolute atomic E-state index is 4.97. The fraction of sp³-hybridized carbons (Fsp3) is 0.0769. The molecule has 0 aliphatic rings. The minimum absolute atomic E-state index is 1.09. The molecule has 0 fully saturated rings. The van der Waals surface area contributed by atoms with Gasteiger partial charge in [-0.1, -0.05) is 42.0 Å². The van der Waals surface area contributed by atoms with Crippen LogP contribution in [0.15, 0.2) is 47.3 Å². The standard InChI is InChI=1S/C13H12O/c1-11-2-4-12(5-3-11)6-7-13-8-9-14-10-13/h2-10H,1H3/b7-6+. The summed E-state index contributed by atoms with van der Waals surface area (Å²) in [5.74, 6) is 0. The SMILES string of the molecule is Cc1ccc(/C=C/c2ccoc2)cc1. The van der Waals surface area contributed by atoms with Gasteiger partial charge in [0.05, 0.1) is 12.5 Å². The Morgan fingerprint density at radius 2 is 1.64 bits per heavy atom. The molecule has 0 aliphatic heterocycles. The van der Waals surface area contributed by atoms with Crippen molar-refractivity contribution >= 4 is 12.2 Å². The van der Waals surface area contributed by atoms with Crippen LogP contribution in [-0.2, 0) is 0 Å². The smallest absolute Gasteiger partial charge is 0.0974 e. The summed E-state index contributed by atoms with van der Waals surface area (Å²) in [6.45, 7) is 2.09. The number of furan rings is 1. The third-order valence-corrected chi connectivity index (χ3v) is 2.09. The predicted octanol–water partition coefficient (Wildman–Crippen LogP) is 3.76. The molecule has 70 valence electrons. The summed E-state index contributed by atoms with van der Waals surface area (Å²) < 4.78 is 4.97. The van der Waals surface area contributed by atoms with E-state index in [-0.39, 0.29) is 0 Å². The molecule has 1 heterocycles. The number of rotatable bonds is 2. The van der Waals surface area contributed by atoms with Gasteiger partial charge in [-0.3, -0.25) is 0 Å². The van der Waals surface area contributed by atoms with Crippen LogP contribution in [0.1, 0.15) is 16.7 Å². The van der Waals surface area contributed by atoms with Gasteiger partial charge >= 0.3 is 0 Å². The molecule has 0 amide bonds. The highest BCUT2D eigenvalue weighted by Gasteiger charge is 1.88. The maximum atomic E-state index is 4.97. The highest BCUT2D eigenvalue weighted by molar-refractivity contribution is 5.69. The Morgan fingerprint density at radius 3 is 2.29 bits per heavy atom. The quantitative estimate of drug-likeness (QED) is 0.692. The van der Waals surface area contributed by atoms with E-state index in [1.165, 1.54) is 11.1 Å². The molecular formula is C13H12O. The molecule has 2 rings (SSSR count). The first kappa shape index (κ1) is 8.82. The van der Waals surface area contributed by atoms with E-state index >= 15 is 0 Å². The summed E-state index contributed by atoms with van der Waals surface area (Å²) in [4.78, 5) is 0. The van der Waals surface area contributed by atoms with Crippen LogP contribution in [0, 0.1) is 6.92 Å². The number of hydrogen-bond acceptors (Lipinski definition) is 1. The summed E-state index contributed by atoms with van der Waals surface area (Å²) in [6, 6.07) is 10.4. The molecule has 0 saturated carbocycles. The van der Waals surface area contributed by atoms with Crippen molar-refractivity contribution in [3.63, 3.8) is 0 Å². The molecule has 14 heavy (non-hydrogen) atoms. The highest BCUT2D eigenvalue weighted by atomic mass is 16.3. The molecule has 0 saturated heterocycles. The Bertz CT molecular complexity index is 407. The molecule has 0 N–H and O–H groups in total. The second-order valence-electron chi connectivity index (χ2n) is 3.30. The fourth-order valence-electron chi connectivity index (χ4n) is 1.24. The zero-order valence-corrected chi connectivity index (χ0v) is 8.10. The molecule has 1 nitrogen and oxygen atoms in total. The molecule has 1 heteroatoms. The van der Waals surface area contributed by atoms with Crippen LogP contribution >= 0.6 is 0 Å². The largest absolute Gasteiger partial charge is 0.472 e. The summed E-state index contributed by atoms with van der Waals surface area (Å²) >= 11 is 0. The highest BCUT2D eigenvalue weighted by Crippen LogP contribution is 2.09. The summed E-state index contributed by atoms with van der Waals surface area (Å²) in [6.07, 6.45) is 7.51. The van der Waals surface area contributed by atoms with Gasteiger partial charge in [0.1, 0.15) is 0 Å². The molecule has 0 radical (unpaired) electrons. The second kappa shape index (κ2) is 3.97. The van der Waals surface area contributed by atoms with E-state index in [0.717, 1.165) is 5.56 Å². The van der Waals surface area contributed by atoms with E-state index < -0.39 is 0 Å². The van der Waals surface area contributed by atoms with Crippen molar-refractivity contribution in [3.8, 4) is 0 Å². The molecule has 0 unspecified atom stereocenters. The van der Waals surface area contributed by atoms with Crippen molar-refractivity contribution in [1.82, 2.24) is 0 Å². The van der Waals surface area contributed by atoms with Crippen LogP contribution in [-0.4, -0.2) is 0 Å². The third-order valence-electron chi connectivity index (χ3n) is 2.09. The Balaban J connectivity index is 2.15. The van der Waals surface area contributed by atoms with Crippen LogP contribution in [0.4, 0.5) is 0 Å². The minimum Gasteiger partial charge on any atom is -0.472 e. The van der Waals surface area contributed by atoms with Gasteiger partial charge in [-0.2, -0.15) is 0 Å². The Morgan fingerprint density at radius 1 is 0.929 bits per heavy atom. The van der Waals surface area contributed by atoms with Crippen LogP contribution in [0.2, 0.25) is 0 Å². The van der Waals surface area contributed by atoms with Gasteiger partial charge in [0.2, 0.25) is 0 Å². The topological polar surface area (TPSA) is 13.1 Å². The minimum atomic E-state index is 1.09. The Hall–Kier alpha value is -1.76. The Kier molecular flexibility index (Phi) is 2.50. The van der Waals surface area contributed by atoms with E-state index in [1.807, 2.05) is 12.1 Å². The molecule has 0 aliphatic carbocycles. The van der Waals surface area contributed by atoms with Crippen LogP contribution in [0.5, 0.6) is 0 Å². The van der Waals surface area contributed by atoms with Gasteiger partial charge in [-0.15, -0.1) is 0 Å². The van der Waals surface area contributed by atoms with Crippen molar-refractivity contribution < 1.29 is 4.42 Å². The molecule has 0 bridgehead atoms. The lowest BCUT2D eigenvalue weighted by Crippen LogP contribution is -1.72. The first-order valence-corrected chi connectivity index (χ1v) is 4.61. The lowest BCUT2D eigenvalue weighted by atomic mass is 10.1. The molecule has 1 aromatic carbocycles. The van der Waals surface area contributed by atoms with Crippen molar-refractivity contribution in [1.29, 1.82) is 0 Å². The molecule has 0 atom stereocenters. The average Bonchev–Trinajstić information content (AvgIpc) is 2.70. The fourth-order valence-corrected chi connectivity index (χ4v) is 1.24. The van der Waals surface area contributed by atoms with Crippen molar-refractivity contribution in [3.05, 3.63) is 59.5 Å². The van der Waals surface area contributed by atoms with Gasteiger partial charge in [0.15, 0.2) is 0 Å². The van der Waals surface area contributed by atoms with E-state index in [0.29, 0.717) is 0 Å². The van der Waals surface area contributed by atoms with Crippen molar-refractivity contribution in [2.75, 3.05) is 0 Å². The van der Waals surface area contributed by atoms with Gasteiger partial charge < -0.3 is 4.42 Å². The first-order valence-electron chi connectivity index (χ1n) is 4.61. The summed E-state index contributed by atoms with van der Waals surface area (Å²) in [5.41, 5.74) is 3.58. The monoisotopic (exact) mass is 184 g/mol. The Labute approximate surface area is 83.7 Å². The third kappa shape index (κ3) is 2.13. The number of aryl methyl sites for hydroxylation is 1. The van der Waals surface area contributed by atoms with Crippen LogP contribution in [0.3, 0.4) is 0 Å². The van der Waals surface area contributed by atoms with Gasteiger partial charge in [-0.25, -0.2) is 0 Å². The summed E-state index contributed by atoms with van der Waals surface area (Å²) in [5, 5.41) is 0.